The van der Waals surface area contributed by atoms with Crippen molar-refractivity contribution in [3.63, 3.8) is 0 Å². The third kappa shape index (κ3) is 36.3. The second kappa shape index (κ2) is 55.3. The maximum absolute atomic E-state index is 13.3. The first-order valence-electron chi connectivity index (χ1n) is 36.1. The van der Waals surface area contributed by atoms with Gasteiger partial charge in [0.1, 0.15) is 73.2 Å². The standard InChI is InChI=1S/C75H127NO18/c1-3-5-7-9-11-13-14-15-16-17-18-19-20-21-22-23-24-25-26-27-28-29-30-31-32-33-34-35-36-37-38-39-40-41-42-43-44-45-47-49-51-53-63(81)76-58(59(80)52-50-48-46-12-10-8-6-4-2)57-89-73-69(87)66(84)71(61(55-78)91-73)94-75-70(88)67(85)72(62(56-79)92-75)93-74-68(86)65(83)64(82)60(54-77)90-74/h5,7,11,13,15-16,18-19,21-22,24-25,27-28,30-31,50,52,58-62,64-75,77-80,82-88H,3-4,6,8-10,12,14,17,20,23,26,29,32-49,51,53-57H2,1-2H3,(H,76,81)/b7-5-,13-11-,16-15-,19-18-,22-21-,25-24-,28-27-,31-30-,52-50+. The van der Waals surface area contributed by atoms with E-state index in [0.717, 1.165) is 103 Å². The van der Waals surface area contributed by atoms with Gasteiger partial charge in [-0.15, -0.1) is 0 Å². The minimum Gasteiger partial charge on any atom is -0.394 e. The second-order valence-electron chi connectivity index (χ2n) is 25.3. The van der Waals surface area contributed by atoms with Crippen molar-refractivity contribution in [1.82, 2.24) is 5.32 Å². The van der Waals surface area contributed by atoms with Crippen molar-refractivity contribution in [3.8, 4) is 0 Å². The molecule has 3 fully saturated rings. The Hall–Kier alpha value is -3.55. The molecular weight excluding hydrogens is 1200 g/mol. The predicted octanol–water partition coefficient (Wildman–Crippen LogP) is 10.2. The third-order valence-corrected chi connectivity index (χ3v) is 17.3. The molecule has 17 atom stereocenters. The Morgan fingerprint density at radius 3 is 1.15 bits per heavy atom. The molecule has 12 N–H and O–H groups in total. The van der Waals surface area contributed by atoms with Gasteiger partial charge in [-0.25, -0.2) is 0 Å². The van der Waals surface area contributed by atoms with Crippen LogP contribution in [0.2, 0.25) is 0 Å². The van der Waals surface area contributed by atoms with Crippen LogP contribution in [0.15, 0.2) is 109 Å². The highest BCUT2D eigenvalue weighted by Gasteiger charge is 2.53. The first-order valence-corrected chi connectivity index (χ1v) is 36.1. The molecule has 3 rings (SSSR count). The summed E-state index contributed by atoms with van der Waals surface area (Å²) in [6.07, 6.45) is 48.4. The maximum Gasteiger partial charge on any atom is 0.220 e. The zero-order valence-electron chi connectivity index (χ0n) is 57.1. The van der Waals surface area contributed by atoms with Crippen LogP contribution in [0.25, 0.3) is 0 Å². The first kappa shape index (κ1) is 84.7. The molecule has 19 nitrogen and oxygen atoms in total. The number of hydrogen-bond donors (Lipinski definition) is 12. The van der Waals surface area contributed by atoms with Crippen LogP contribution in [0.1, 0.15) is 226 Å². The Morgan fingerprint density at radius 2 is 0.734 bits per heavy atom. The van der Waals surface area contributed by atoms with E-state index in [2.05, 4.69) is 116 Å². The summed E-state index contributed by atoms with van der Waals surface area (Å²) in [6, 6.07) is -0.975. The lowest BCUT2D eigenvalue weighted by molar-refractivity contribution is -0.379. The summed E-state index contributed by atoms with van der Waals surface area (Å²) in [7, 11) is 0. The SMILES string of the molecule is CC/C=C\C/C=C\C/C=C\C/C=C\C/C=C\C/C=C\C/C=C\C/C=C\CCCCCCCCCCCCCCCCCCC(=O)NC(COC1OC(CO)C(OC2OC(CO)C(OC3OC(CO)C(O)C(O)C3O)C(O)C2O)C(O)C1O)C(O)/C=C/CCCCCCCC. The molecular formula is C75H127NO18. The molecule has 0 aromatic carbocycles. The fourth-order valence-corrected chi connectivity index (χ4v) is 11.5. The monoisotopic (exact) mass is 1330 g/mol. The van der Waals surface area contributed by atoms with Gasteiger partial charge >= 0.3 is 0 Å². The summed E-state index contributed by atoms with van der Waals surface area (Å²) in [5.74, 6) is -0.282. The predicted molar refractivity (Wildman–Crippen MR) is 369 cm³/mol. The Labute approximate surface area is 564 Å². The summed E-state index contributed by atoms with van der Waals surface area (Å²) < 4.78 is 34.2. The van der Waals surface area contributed by atoms with Gasteiger partial charge in [0.2, 0.25) is 5.91 Å². The van der Waals surface area contributed by atoms with Gasteiger partial charge in [0.15, 0.2) is 18.9 Å². The van der Waals surface area contributed by atoms with Crippen LogP contribution >= 0.6 is 0 Å². The Bertz CT molecular complexity index is 2130. The molecule has 3 aliphatic heterocycles. The molecule has 3 saturated heterocycles. The van der Waals surface area contributed by atoms with Gasteiger partial charge in [0.25, 0.3) is 0 Å². The van der Waals surface area contributed by atoms with Crippen molar-refractivity contribution in [2.45, 2.75) is 330 Å². The Kier molecular flexibility index (Phi) is 49.9. The maximum atomic E-state index is 13.3. The number of hydrogen-bond acceptors (Lipinski definition) is 18. The average molecular weight is 1330 g/mol. The number of carbonyl (C=O) groups excluding carboxylic acids is 1. The quantitative estimate of drug-likeness (QED) is 0.0199. The molecule has 0 saturated carbocycles. The molecule has 19 heteroatoms. The Balaban J connectivity index is 1.26. The van der Waals surface area contributed by atoms with Crippen molar-refractivity contribution in [3.05, 3.63) is 109 Å². The summed E-state index contributed by atoms with van der Waals surface area (Å²) in [6.45, 7) is 1.54. The molecule has 17 unspecified atom stereocenters. The van der Waals surface area contributed by atoms with E-state index in [9.17, 15) is 61.0 Å². The van der Waals surface area contributed by atoms with E-state index >= 15 is 0 Å². The molecule has 3 heterocycles. The number of carbonyl (C=O) groups is 1. The van der Waals surface area contributed by atoms with Gasteiger partial charge < -0.3 is 89.9 Å². The van der Waals surface area contributed by atoms with E-state index in [4.69, 9.17) is 28.4 Å². The van der Waals surface area contributed by atoms with Crippen LogP contribution in [0.3, 0.4) is 0 Å². The topological polar surface area (TPSA) is 307 Å². The van der Waals surface area contributed by atoms with Gasteiger partial charge in [-0.05, 0) is 83.5 Å². The minimum absolute atomic E-state index is 0.238. The van der Waals surface area contributed by atoms with Crippen molar-refractivity contribution in [2.24, 2.45) is 0 Å². The van der Waals surface area contributed by atoms with Crippen LogP contribution in [0.4, 0.5) is 0 Å². The van der Waals surface area contributed by atoms with Gasteiger partial charge in [-0.3, -0.25) is 4.79 Å². The number of allylic oxidation sites excluding steroid dienone is 17. The lowest BCUT2D eigenvalue weighted by atomic mass is 9.96. The largest absolute Gasteiger partial charge is 0.394 e. The number of nitrogens with one attached hydrogen (secondary N) is 1. The normalized spacial score (nSPS) is 28.0. The van der Waals surface area contributed by atoms with E-state index in [0.29, 0.717) is 6.42 Å². The smallest absolute Gasteiger partial charge is 0.220 e. The number of unbranched alkanes of at least 4 members (excludes halogenated alkanes) is 22. The zero-order valence-corrected chi connectivity index (χ0v) is 57.1. The summed E-state index contributed by atoms with van der Waals surface area (Å²) >= 11 is 0. The highest BCUT2D eigenvalue weighted by Crippen LogP contribution is 2.33. The summed E-state index contributed by atoms with van der Waals surface area (Å²) in [5, 5.41) is 120. The molecule has 540 valence electrons. The molecule has 1 amide bonds. The molecule has 0 radical (unpaired) electrons. The minimum atomic E-state index is -1.98. The van der Waals surface area contributed by atoms with Crippen LogP contribution in [-0.2, 0) is 33.2 Å². The summed E-state index contributed by atoms with van der Waals surface area (Å²) in [4.78, 5) is 13.3. The van der Waals surface area contributed by atoms with Crippen LogP contribution in [-0.4, -0.2) is 193 Å². The molecule has 0 spiro atoms. The van der Waals surface area contributed by atoms with Gasteiger partial charge in [0.05, 0.1) is 38.6 Å². The van der Waals surface area contributed by atoms with E-state index in [-0.39, 0.29) is 18.9 Å². The highest BCUT2D eigenvalue weighted by molar-refractivity contribution is 5.76. The van der Waals surface area contributed by atoms with E-state index < -0.39 is 124 Å². The first-order chi connectivity index (χ1) is 45.8. The zero-order chi connectivity index (χ0) is 68.2. The van der Waals surface area contributed by atoms with Crippen molar-refractivity contribution < 1.29 is 89.4 Å². The average Bonchev–Trinajstić information content (AvgIpc) is 0.834. The van der Waals surface area contributed by atoms with E-state index in [1.54, 1.807) is 6.08 Å². The number of aliphatic hydroxyl groups is 11. The van der Waals surface area contributed by atoms with Crippen LogP contribution < -0.4 is 5.32 Å². The number of rotatable bonds is 54. The molecule has 94 heavy (non-hydrogen) atoms. The van der Waals surface area contributed by atoms with Crippen LogP contribution in [0, 0.1) is 0 Å². The molecule has 3 aliphatic rings. The molecule has 0 aromatic heterocycles. The highest BCUT2D eigenvalue weighted by atomic mass is 16.8. The Morgan fingerprint density at radius 1 is 0.394 bits per heavy atom. The van der Waals surface area contributed by atoms with Gasteiger partial charge in [0, 0.05) is 6.42 Å². The number of amides is 1. The van der Waals surface area contributed by atoms with Crippen molar-refractivity contribution >= 4 is 5.91 Å². The third-order valence-electron chi connectivity index (χ3n) is 17.3. The van der Waals surface area contributed by atoms with Gasteiger partial charge in [-0.2, -0.15) is 0 Å². The fourth-order valence-electron chi connectivity index (χ4n) is 11.5. The molecule has 0 bridgehead atoms. The lowest BCUT2D eigenvalue weighted by Gasteiger charge is -2.48. The number of ether oxygens (including phenoxy) is 6. The molecule has 0 aliphatic carbocycles. The van der Waals surface area contributed by atoms with Crippen molar-refractivity contribution in [2.75, 3.05) is 26.4 Å². The summed E-state index contributed by atoms with van der Waals surface area (Å²) in [5.41, 5.74) is 0. The molecule has 0 aromatic rings. The fraction of sp³-hybridized carbons (Fsp3) is 0.747. The lowest BCUT2D eigenvalue weighted by Crippen LogP contribution is -2.66. The van der Waals surface area contributed by atoms with Crippen molar-refractivity contribution in [1.29, 1.82) is 0 Å². The van der Waals surface area contributed by atoms with Crippen LogP contribution in [0.5, 0.6) is 0 Å². The number of aliphatic hydroxyl groups excluding tert-OH is 11. The van der Waals surface area contributed by atoms with E-state index in [1.807, 2.05) is 6.08 Å². The second-order valence-corrected chi connectivity index (χ2v) is 25.3. The van der Waals surface area contributed by atoms with Gasteiger partial charge in [-0.1, -0.05) is 245 Å². The van der Waals surface area contributed by atoms with E-state index in [1.165, 1.54) is 96.3 Å².